The molecule has 4 rings (SSSR count). The van der Waals surface area contributed by atoms with Crippen molar-refractivity contribution in [3.05, 3.63) is 41.5 Å². The minimum Gasteiger partial charge on any atom is -0.492 e. The monoisotopic (exact) mass is 370 g/mol. The van der Waals surface area contributed by atoms with Crippen LogP contribution in [0.15, 0.2) is 28.8 Å². The van der Waals surface area contributed by atoms with Gasteiger partial charge >= 0.3 is 0 Å². The Morgan fingerprint density at radius 3 is 2.96 bits per heavy atom. The number of hydrogen-bond acceptors (Lipinski definition) is 6. The molecular weight excluding hydrogens is 344 g/mol. The molecule has 0 bridgehead atoms. The zero-order valence-corrected chi connectivity index (χ0v) is 15.9. The number of carbonyl (C=O) groups is 1. The lowest BCUT2D eigenvalue weighted by atomic mass is 10.2. The molecule has 1 atom stereocenters. The first-order valence-corrected chi connectivity index (χ1v) is 9.68. The van der Waals surface area contributed by atoms with Crippen LogP contribution in [0.2, 0.25) is 0 Å². The third-order valence-corrected chi connectivity index (χ3v) is 5.22. The standard InChI is InChI=1S/C20H26N4O3/c1-14(2)19-21-20(27-22-19)16-7-5-9-24(16)18(25)13-23-10-11-26-17-8-4-3-6-15(17)12-23/h3-4,6,8,14,16H,5,7,9-13H2,1-2H3. The van der Waals surface area contributed by atoms with Gasteiger partial charge in [-0.25, -0.2) is 0 Å². The summed E-state index contributed by atoms with van der Waals surface area (Å²) in [6, 6.07) is 7.92. The van der Waals surface area contributed by atoms with Crippen LogP contribution in [0.3, 0.4) is 0 Å². The van der Waals surface area contributed by atoms with E-state index in [2.05, 4.69) is 21.1 Å². The van der Waals surface area contributed by atoms with Gasteiger partial charge in [0, 0.05) is 31.1 Å². The Balaban J connectivity index is 1.44. The summed E-state index contributed by atoms with van der Waals surface area (Å²) < 4.78 is 11.3. The van der Waals surface area contributed by atoms with Crippen molar-refractivity contribution >= 4 is 5.91 Å². The Morgan fingerprint density at radius 1 is 1.30 bits per heavy atom. The third-order valence-electron chi connectivity index (χ3n) is 5.22. The fourth-order valence-corrected chi connectivity index (χ4v) is 3.74. The number of carbonyl (C=O) groups excluding carboxylic acids is 1. The molecule has 0 spiro atoms. The van der Waals surface area contributed by atoms with Crippen molar-refractivity contribution in [3.63, 3.8) is 0 Å². The fraction of sp³-hybridized carbons (Fsp3) is 0.550. The van der Waals surface area contributed by atoms with Crippen molar-refractivity contribution in [2.75, 3.05) is 26.2 Å². The summed E-state index contributed by atoms with van der Waals surface area (Å²) >= 11 is 0. The van der Waals surface area contributed by atoms with Crippen molar-refractivity contribution in [2.24, 2.45) is 0 Å². The van der Waals surface area contributed by atoms with E-state index in [1.165, 1.54) is 0 Å². The highest BCUT2D eigenvalue weighted by molar-refractivity contribution is 5.79. The molecule has 7 nitrogen and oxygen atoms in total. The van der Waals surface area contributed by atoms with Crippen LogP contribution >= 0.6 is 0 Å². The van der Waals surface area contributed by atoms with Crippen LogP contribution in [0.1, 0.15) is 55.9 Å². The Morgan fingerprint density at radius 2 is 2.15 bits per heavy atom. The quantitative estimate of drug-likeness (QED) is 0.824. The second kappa shape index (κ2) is 7.68. The Kier molecular flexibility index (Phi) is 5.11. The summed E-state index contributed by atoms with van der Waals surface area (Å²) in [6.45, 7) is 7.23. The number of fused-ring (bicyclic) bond motifs is 1. The van der Waals surface area contributed by atoms with Crippen LogP contribution in [0.4, 0.5) is 0 Å². The molecule has 0 aliphatic carbocycles. The molecule has 1 amide bonds. The molecule has 7 heteroatoms. The highest BCUT2D eigenvalue weighted by Gasteiger charge is 2.35. The number of para-hydroxylation sites is 1. The van der Waals surface area contributed by atoms with Gasteiger partial charge in [-0.1, -0.05) is 37.2 Å². The van der Waals surface area contributed by atoms with Gasteiger partial charge < -0.3 is 14.2 Å². The van der Waals surface area contributed by atoms with E-state index in [4.69, 9.17) is 9.26 Å². The second-order valence-electron chi connectivity index (χ2n) is 7.56. The van der Waals surface area contributed by atoms with Gasteiger partial charge in [-0.05, 0) is 18.9 Å². The number of benzene rings is 1. The molecule has 144 valence electrons. The summed E-state index contributed by atoms with van der Waals surface area (Å²) in [5.41, 5.74) is 1.12. The molecule has 1 aromatic carbocycles. The third kappa shape index (κ3) is 3.83. The van der Waals surface area contributed by atoms with Crippen LogP contribution in [0.25, 0.3) is 0 Å². The van der Waals surface area contributed by atoms with Gasteiger partial charge in [0.1, 0.15) is 18.4 Å². The zero-order valence-electron chi connectivity index (χ0n) is 15.9. The molecule has 0 saturated carbocycles. The molecule has 2 aliphatic rings. The molecule has 27 heavy (non-hydrogen) atoms. The predicted octanol–water partition coefficient (Wildman–Crippen LogP) is 2.75. The van der Waals surface area contributed by atoms with E-state index in [0.717, 1.165) is 43.8 Å². The van der Waals surface area contributed by atoms with Crippen molar-refractivity contribution in [3.8, 4) is 5.75 Å². The van der Waals surface area contributed by atoms with Gasteiger partial charge in [0.2, 0.25) is 11.8 Å². The number of nitrogens with zero attached hydrogens (tertiary/aromatic N) is 4. The molecule has 1 fully saturated rings. The number of rotatable bonds is 4. The van der Waals surface area contributed by atoms with E-state index >= 15 is 0 Å². The van der Waals surface area contributed by atoms with Crippen LogP contribution < -0.4 is 4.74 Å². The van der Waals surface area contributed by atoms with Gasteiger partial charge in [-0.3, -0.25) is 9.69 Å². The average Bonchev–Trinajstić information content (AvgIpc) is 3.27. The first-order chi connectivity index (χ1) is 13.1. The minimum absolute atomic E-state index is 0.104. The minimum atomic E-state index is -0.104. The molecule has 1 aromatic heterocycles. The molecule has 1 unspecified atom stereocenters. The lowest BCUT2D eigenvalue weighted by Gasteiger charge is -2.26. The maximum atomic E-state index is 13.0. The van der Waals surface area contributed by atoms with E-state index in [-0.39, 0.29) is 17.9 Å². The number of aromatic nitrogens is 2. The van der Waals surface area contributed by atoms with Crippen molar-refractivity contribution in [2.45, 2.75) is 45.2 Å². The van der Waals surface area contributed by atoms with Crippen LogP contribution in [0, 0.1) is 0 Å². The second-order valence-corrected chi connectivity index (χ2v) is 7.56. The number of hydrogen-bond donors (Lipinski definition) is 0. The highest BCUT2D eigenvalue weighted by Crippen LogP contribution is 2.32. The maximum absolute atomic E-state index is 13.0. The van der Waals surface area contributed by atoms with Crippen LogP contribution in [0.5, 0.6) is 5.75 Å². The Hall–Kier alpha value is -2.41. The molecule has 3 heterocycles. The largest absolute Gasteiger partial charge is 0.492 e. The maximum Gasteiger partial charge on any atom is 0.249 e. The van der Waals surface area contributed by atoms with E-state index in [1.54, 1.807) is 0 Å². The van der Waals surface area contributed by atoms with Crippen molar-refractivity contribution in [1.29, 1.82) is 0 Å². The van der Waals surface area contributed by atoms with Gasteiger partial charge in [-0.2, -0.15) is 4.98 Å². The van der Waals surface area contributed by atoms with Gasteiger partial charge in [0.15, 0.2) is 5.82 Å². The number of likely N-dealkylation sites (tertiary alicyclic amines) is 1. The topological polar surface area (TPSA) is 71.7 Å². The number of amides is 1. The summed E-state index contributed by atoms with van der Waals surface area (Å²) in [6.07, 6.45) is 1.83. The van der Waals surface area contributed by atoms with E-state index in [1.807, 2.05) is 36.9 Å². The molecule has 0 radical (unpaired) electrons. The Bertz CT molecular complexity index is 804. The summed E-state index contributed by atoms with van der Waals surface area (Å²) in [5, 5.41) is 4.06. The molecule has 0 N–H and O–H groups in total. The highest BCUT2D eigenvalue weighted by atomic mass is 16.5. The van der Waals surface area contributed by atoms with Crippen molar-refractivity contribution in [1.82, 2.24) is 19.9 Å². The van der Waals surface area contributed by atoms with E-state index in [9.17, 15) is 4.79 Å². The molecular formula is C20H26N4O3. The fourth-order valence-electron chi connectivity index (χ4n) is 3.74. The first kappa shape index (κ1) is 18.0. The van der Waals surface area contributed by atoms with E-state index in [0.29, 0.717) is 24.9 Å². The molecule has 2 aromatic rings. The molecule has 1 saturated heterocycles. The average molecular weight is 370 g/mol. The Labute approximate surface area is 159 Å². The normalized spacial score (nSPS) is 20.4. The van der Waals surface area contributed by atoms with Gasteiger partial charge in [0.05, 0.1) is 6.54 Å². The number of ether oxygens (including phenoxy) is 1. The predicted molar refractivity (Wildman–Crippen MR) is 99.3 cm³/mol. The van der Waals surface area contributed by atoms with Crippen LogP contribution in [-0.2, 0) is 11.3 Å². The molecule has 2 aliphatic heterocycles. The summed E-state index contributed by atoms with van der Waals surface area (Å²) in [7, 11) is 0. The van der Waals surface area contributed by atoms with Crippen molar-refractivity contribution < 1.29 is 14.1 Å². The van der Waals surface area contributed by atoms with E-state index < -0.39 is 0 Å². The lowest BCUT2D eigenvalue weighted by Crippen LogP contribution is -2.40. The van der Waals surface area contributed by atoms with Crippen LogP contribution in [-0.4, -0.2) is 52.1 Å². The smallest absolute Gasteiger partial charge is 0.249 e. The SMILES string of the molecule is CC(C)c1noc(C2CCCN2C(=O)CN2CCOc3ccccc3C2)n1. The van der Waals surface area contributed by atoms with Gasteiger partial charge in [0.25, 0.3) is 0 Å². The summed E-state index contributed by atoms with van der Waals surface area (Å²) in [5.74, 6) is 2.50. The zero-order chi connectivity index (χ0) is 18.8. The summed E-state index contributed by atoms with van der Waals surface area (Å²) in [4.78, 5) is 21.6. The first-order valence-electron chi connectivity index (χ1n) is 9.68. The lowest BCUT2D eigenvalue weighted by molar-refractivity contribution is -0.134. The van der Waals surface area contributed by atoms with Gasteiger partial charge in [-0.15, -0.1) is 0 Å².